The number of aromatic nitrogens is 1. The van der Waals surface area contributed by atoms with E-state index in [1.54, 1.807) is 6.20 Å². The highest BCUT2D eigenvalue weighted by Crippen LogP contribution is 2.36. The second kappa shape index (κ2) is 4.62. The van der Waals surface area contributed by atoms with Crippen LogP contribution in [-0.2, 0) is 6.54 Å². The van der Waals surface area contributed by atoms with Crippen molar-refractivity contribution < 1.29 is 0 Å². The number of pyridine rings is 1. The van der Waals surface area contributed by atoms with Crippen LogP contribution in [0, 0.1) is 11.8 Å². The number of hydrogen-bond acceptors (Lipinski definition) is 3. The molecule has 0 spiro atoms. The van der Waals surface area contributed by atoms with Gasteiger partial charge in [0, 0.05) is 6.54 Å². The van der Waals surface area contributed by atoms with Crippen LogP contribution in [0.2, 0.25) is 0 Å². The average Bonchev–Trinajstić information content (AvgIpc) is 3.04. The van der Waals surface area contributed by atoms with Gasteiger partial charge in [0.1, 0.15) is 0 Å². The lowest BCUT2D eigenvalue weighted by Crippen LogP contribution is -2.22. The lowest BCUT2D eigenvalue weighted by Gasteiger charge is -2.10. The third-order valence-corrected chi connectivity index (χ3v) is 3.05. The fourth-order valence-corrected chi connectivity index (χ4v) is 1.80. The highest BCUT2D eigenvalue weighted by Gasteiger charge is 2.27. The Morgan fingerprint density at radius 3 is 2.93 bits per heavy atom. The zero-order valence-corrected chi connectivity index (χ0v) is 9.24. The molecule has 1 heterocycles. The van der Waals surface area contributed by atoms with Gasteiger partial charge in [-0.25, -0.2) is 0 Å². The Morgan fingerprint density at radius 2 is 2.33 bits per heavy atom. The molecular formula is C12H19N3. The number of nitrogens with two attached hydrogens (primary N) is 1. The van der Waals surface area contributed by atoms with Gasteiger partial charge in [-0.3, -0.25) is 4.98 Å². The second-order valence-electron chi connectivity index (χ2n) is 4.53. The van der Waals surface area contributed by atoms with Crippen molar-refractivity contribution >= 4 is 5.69 Å². The van der Waals surface area contributed by atoms with Crippen LogP contribution in [0.4, 0.5) is 5.69 Å². The van der Waals surface area contributed by atoms with E-state index in [-0.39, 0.29) is 0 Å². The minimum absolute atomic E-state index is 0.727. The summed E-state index contributed by atoms with van der Waals surface area (Å²) in [6, 6.07) is 3.87. The van der Waals surface area contributed by atoms with E-state index < -0.39 is 0 Å². The van der Waals surface area contributed by atoms with E-state index in [0.717, 1.165) is 36.3 Å². The first-order valence-electron chi connectivity index (χ1n) is 5.67. The molecule has 1 aliphatic carbocycles. The maximum absolute atomic E-state index is 5.57. The molecule has 1 saturated carbocycles. The molecular weight excluding hydrogens is 186 g/mol. The molecule has 82 valence electrons. The van der Waals surface area contributed by atoms with Gasteiger partial charge in [-0.1, -0.05) is 6.92 Å². The summed E-state index contributed by atoms with van der Waals surface area (Å²) in [5, 5.41) is 3.44. The van der Waals surface area contributed by atoms with Gasteiger partial charge in [0.15, 0.2) is 0 Å². The topological polar surface area (TPSA) is 50.9 Å². The number of anilines is 1. The van der Waals surface area contributed by atoms with Crippen molar-refractivity contribution in [3.8, 4) is 0 Å². The Morgan fingerprint density at radius 1 is 1.53 bits per heavy atom. The number of rotatable bonds is 5. The Labute approximate surface area is 91.1 Å². The molecule has 15 heavy (non-hydrogen) atoms. The fourth-order valence-electron chi connectivity index (χ4n) is 1.80. The molecule has 1 atom stereocenters. The van der Waals surface area contributed by atoms with Gasteiger partial charge >= 0.3 is 0 Å². The quantitative estimate of drug-likeness (QED) is 0.770. The zero-order valence-electron chi connectivity index (χ0n) is 9.24. The third-order valence-electron chi connectivity index (χ3n) is 3.05. The van der Waals surface area contributed by atoms with E-state index in [4.69, 9.17) is 5.73 Å². The van der Waals surface area contributed by atoms with E-state index in [9.17, 15) is 0 Å². The summed E-state index contributed by atoms with van der Waals surface area (Å²) in [6.45, 7) is 4.26. The first-order valence-corrected chi connectivity index (χ1v) is 5.67. The van der Waals surface area contributed by atoms with Crippen molar-refractivity contribution in [1.82, 2.24) is 10.3 Å². The zero-order chi connectivity index (χ0) is 10.7. The van der Waals surface area contributed by atoms with Crippen molar-refractivity contribution in [2.75, 3.05) is 12.3 Å². The van der Waals surface area contributed by atoms with Crippen LogP contribution in [0.25, 0.3) is 0 Å². The highest BCUT2D eigenvalue weighted by molar-refractivity contribution is 5.34. The number of nitrogen functional groups attached to an aromatic ring is 1. The SMILES string of the molecule is CC(CNCc1ccc(N)cn1)C1CC1. The normalized spacial score (nSPS) is 17.7. The predicted octanol–water partition coefficient (Wildman–Crippen LogP) is 1.80. The standard InChI is InChI=1S/C12H19N3/c1-9(10-2-3-10)6-14-8-12-5-4-11(13)7-15-12/h4-5,7,9-10,14H,2-3,6,8,13H2,1H3. The van der Waals surface area contributed by atoms with E-state index in [2.05, 4.69) is 17.2 Å². The van der Waals surface area contributed by atoms with Gasteiger partial charge in [0.2, 0.25) is 0 Å². The molecule has 1 unspecified atom stereocenters. The summed E-state index contributed by atoms with van der Waals surface area (Å²) in [4.78, 5) is 4.25. The van der Waals surface area contributed by atoms with Crippen LogP contribution < -0.4 is 11.1 Å². The van der Waals surface area contributed by atoms with Gasteiger partial charge in [-0.2, -0.15) is 0 Å². The van der Waals surface area contributed by atoms with Crippen LogP contribution in [0.1, 0.15) is 25.5 Å². The molecule has 1 fully saturated rings. The first kappa shape index (κ1) is 10.4. The molecule has 1 aliphatic rings. The maximum atomic E-state index is 5.57. The molecule has 2 rings (SSSR count). The Bertz CT molecular complexity index is 303. The van der Waals surface area contributed by atoms with Crippen molar-refractivity contribution in [3.63, 3.8) is 0 Å². The van der Waals surface area contributed by atoms with Crippen molar-refractivity contribution in [2.24, 2.45) is 11.8 Å². The lowest BCUT2D eigenvalue weighted by atomic mass is 10.1. The van der Waals surface area contributed by atoms with Crippen LogP contribution >= 0.6 is 0 Å². The van der Waals surface area contributed by atoms with E-state index >= 15 is 0 Å². The van der Waals surface area contributed by atoms with Crippen molar-refractivity contribution in [1.29, 1.82) is 0 Å². The predicted molar refractivity (Wildman–Crippen MR) is 62.2 cm³/mol. The largest absolute Gasteiger partial charge is 0.397 e. The Hall–Kier alpha value is -1.09. The van der Waals surface area contributed by atoms with Crippen molar-refractivity contribution in [3.05, 3.63) is 24.0 Å². The number of nitrogens with one attached hydrogen (secondary N) is 1. The summed E-state index contributed by atoms with van der Waals surface area (Å²) in [5.74, 6) is 1.77. The molecule has 1 aromatic rings. The second-order valence-corrected chi connectivity index (χ2v) is 4.53. The molecule has 0 amide bonds. The first-order chi connectivity index (χ1) is 7.25. The van der Waals surface area contributed by atoms with Gasteiger partial charge in [-0.15, -0.1) is 0 Å². The van der Waals surface area contributed by atoms with E-state index in [1.165, 1.54) is 12.8 Å². The van der Waals surface area contributed by atoms with Crippen LogP contribution in [0.5, 0.6) is 0 Å². The number of hydrogen-bond donors (Lipinski definition) is 2. The fraction of sp³-hybridized carbons (Fsp3) is 0.583. The van der Waals surface area contributed by atoms with E-state index in [0.29, 0.717) is 0 Å². The molecule has 0 radical (unpaired) electrons. The van der Waals surface area contributed by atoms with Gasteiger partial charge in [0.25, 0.3) is 0 Å². The maximum Gasteiger partial charge on any atom is 0.0543 e. The minimum atomic E-state index is 0.727. The molecule has 3 heteroatoms. The van der Waals surface area contributed by atoms with Crippen molar-refractivity contribution in [2.45, 2.75) is 26.3 Å². The average molecular weight is 205 g/mol. The molecule has 0 aromatic carbocycles. The molecule has 3 N–H and O–H groups in total. The Kier molecular flexibility index (Phi) is 3.21. The highest BCUT2D eigenvalue weighted by atomic mass is 14.9. The van der Waals surface area contributed by atoms with Crippen LogP contribution in [0.3, 0.4) is 0 Å². The molecule has 0 aliphatic heterocycles. The lowest BCUT2D eigenvalue weighted by molar-refractivity contribution is 0.460. The summed E-state index contributed by atoms with van der Waals surface area (Å²) < 4.78 is 0. The van der Waals surface area contributed by atoms with Crippen LogP contribution in [0.15, 0.2) is 18.3 Å². The third kappa shape index (κ3) is 3.20. The molecule has 3 nitrogen and oxygen atoms in total. The summed E-state index contributed by atoms with van der Waals surface area (Å²) in [5.41, 5.74) is 7.36. The summed E-state index contributed by atoms with van der Waals surface area (Å²) in [6.07, 6.45) is 4.55. The molecule has 0 bridgehead atoms. The number of nitrogens with zero attached hydrogens (tertiary/aromatic N) is 1. The van der Waals surface area contributed by atoms with Crippen LogP contribution in [-0.4, -0.2) is 11.5 Å². The minimum Gasteiger partial charge on any atom is -0.397 e. The van der Waals surface area contributed by atoms with Gasteiger partial charge < -0.3 is 11.1 Å². The molecule has 1 aromatic heterocycles. The molecule has 0 saturated heterocycles. The van der Waals surface area contributed by atoms with Gasteiger partial charge in [-0.05, 0) is 43.4 Å². The monoisotopic (exact) mass is 205 g/mol. The Balaban J connectivity index is 1.70. The summed E-state index contributed by atoms with van der Waals surface area (Å²) >= 11 is 0. The van der Waals surface area contributed by atoms with Gasteiger partial charge in [0.05, 0.1) is 17.6 Å². The smallest absolute Gasteiger partial charge is 0.0543 e. The van der Waals surface area contributed by atoms with E-state index in [1.807, 2.05) is 12.1 Å². The summed E-state index contributed by atoms with van der Waals surface area (Å²) in [7, 11) is 0.